The van der Waals surface area contributed by atoms with E-state index in [1.165, 1.54) is 4.80 Å². The van der Waals surface area contributed by atoms with Crippen LogP contribution in [0.5, 0.6) is 0 Å². The monoisotopic (exact) mass is 170 g/mol. The van der Waals surface area contributed by atoms with Crippen LogP contribution >= 0.6 is 0 Å². The van der Waals surface area contributed by atoms with Crippen LogP contribution in [0.15, 0.2) is 0 Å². The van der Waals surface area contributed by atoms with Crippen molar-refractivity contribution in [1.82, 2.24) is 20.2 Å². The van der Waals surface area contributed by atoms with E-state index in [1.807, 2.05) is 20.8 Å². The van der Waals surface area contributed by atoms with Crippen molar-refractivity contribution in [3.05, 3.63) is 5.82 Å². The van der Waals surface area contributed by atoms with Gasteiger partial charge in [-0.05, 0) is 5.21 Å². The van der Waals surface area contributed by atoms with Crippen molar-refractivity contribution < 1.29 is 5.11 Å². The quantitative estimate of drug-likeness (QED) is 0.676. The highest BCUT2D eigenvalue weighted by Crippen LogP contribution is 2.15. The predicted molar refractivity (Wildman–Crippen MR) is 43.6 cm³/mol. The highest BCUT2D eigenvalue weighted by molar-refractivity contribution is 4.95. The first-order valence-corrected chi connectivity index (χ1v) is 3.93. The average Bonchev–Trinajstić information content (AvgIpc) is 2.35. The molecule has 12 heavy (non-hydrogen) atoms. The highest BCUT2D eigenvalue weighted by Gasteiger charge is 2.19. The molecule has 0 unspecified atom stereocenters. The van der Waals surface area contributed by atoms with Crippen LogP contribution in [-0.4, -0.2) is 31.9 Å². The Morgan fingerprint density at radius 1 is 1.42 bits per heavy atom. The molecular formula is C7H14N4O. The molecule has 0 aliphatic rings. The minimum atomic E-state index is -0.0757. The van der Waals surface area contributed by atoms with Crippen LogP contribution < -0.4 is 0 Å². The number of tetrazole rings is 1. The second kappa shape index (κ2) is 3.18. The summed E-state index contributed by atoms with van der Waals surface area (Å²) in [7, 11) is 0. The lowest BCUT2D eigenvalue weighted by molar-refractivity contribution is 0.258. The Morgan fingerprint density at radius 3 is 2.50 bits per heavy atom. The van der Waals surface area contributed by atoms with E-state index in [2.05, 4.69) is 15.4 Å². The fourth-order valence-corrected chi connectivity index (χ4v) is 0.727. The molecule has 0 atom stereocenters. The zero-order chi connectivity index (χ0) is 9.19. The summed E-state index contributed by atoms with van der Waals surface area (Å²) >= 11 is 0. The third kappa shape index (κ3) is 2.01. The Hall–Kier alpha value is -0.970. The minimum absolute atomic E-state index is 0.0416. The van der Waals surface area contributed by atoms with Gasteiger partial charge in [0, 0.05) is 5.41 Å². The van der Waals surface area contributed by atoms with Crippen molar-refractivity contribution in [3.63, 3.8) is 0 Å². The van der Waals surface area contributed by atoms with E-state index < -0.39 is 0 Å². The summed E-state index contributed by atoms with van der Waals surface area (Å²) in [6, 6.07) is 0. The van der Waals surface area contributed by atoms with Crippen LogP contribution in [0, 0.1) is 0 Å². The lowest BCUT2D eigenvalue weighted by atomic mass is 9.96. The molecule has 68 valence electrons. The summed E-state index contributed by atoms with van der Waals surface area (Å²) in [5, 5.41) is 20.4. The van der Waals surface area contributed by atoms with Crippen molar-refractivity contribution in [1.29, 1.82) is 0 Å². The predicted octanol–water partition coefficient (Wildman–Crippen LogP) is -0.0371. The summed E-state index contributed by atoms with van der Waals surface area (Å²) in [6.45, 7) is 6.51. The van der Waals surface area contributed by atoms with Gasteiger partial charge in [-0.2, -0.15) is 4.80 Å². The summed E-state index contributed by atoms with van der Waals surface area (Å²) < 4.78 is 0. The van der Waals surface area contributed by atoms with E-state index in [4.69, 9.17) is 5.11 Å². The van der Waals surface area contributed by atoms with Crippen LogP contribution in [-0.2, 0) is 12.0 Å². The third-order valence-electron chi connectivity index (χ3n) is 1.42. The Morgan fingerprint density at radius 2 is 2.08 bits per heavy atom. The SMILES string of the molecule is CC(C)(C)c1nnn(CCO)n1. The largest absolute Gasteiger partial charge is 0.394 e. The molecule has 1 N–H and O–H groups in total. The molecule has 1 aromatic heterocycles. The molecule has 0 spiro atoms. The molecule has 0 aliphatic heterocycles. The topological polar surface area (TPSA) is 63.8 Å². The molecule has 0 bridgehead atoms. The maximum atomic E-state index is 8.60. The molecule has 0 amide bonds. The van der Waals surface area contributed by atoms with Crippen LogP contribution in [0.4, 0.5) is 0 Å². The number of aromatic nitrogens is 4. The van der Waals surface area contributed by atoms with Crippen LogP contribution in [0.25, 0.3) is 0 Å². The molecule has 1 heterocycles. The maximum Gasteiger partial charge on any atom is 0.180 e. The fourth-order valence-electron chi connectivity index (χ4n) is 0.727. The lowest BCUT2D eigenvalue weighted by Crippen LogP contribution is -2.14. The molecule has 1 aromatic rings. The Balaban J connectivity index is 2.77. The van der Waals surface area contributed by atoms with Gasteiger partial charge in [0.1, 0.15) is 0 Å². The van der Waals surface area contributed by atoms with E-state index in [-0.39, 0.29) is 12.0 Å². The van der Waals surface area contributed by atoms with Crippen LogP contribution in [0.1, 0.15) is 26.6 Å². The number of rotatable bonds is 2. The molecule has 0 saturated carbocycles. The third-order valence-corrected chi connectivity index (χ3v) is 1.42. The van der Waals surface area contributed by atoms with Crippen molar-refractivity contribution in [2.24, 2.45) is 0 Å². The Bertz CT molecular complexity index is 250. The summed E-state index contributed by atoms with van der Waals surface area (Å²) in [4.78, 5) is 1.40. The van der Waals surface area contributed by atoms with Crippen molar-refractivity contribution in [2.75, 3.05) is 6.61 Å². The first-order valence-electron chi connectivity index (χ1n) is 3.93. The fraction of sp³-hybridized carbons (Fsp3) is 0.857. The molecule has 0 saturated heterocycles. The first-order chi connectivity index (χ1) is 5.54. The zero-order valence-electron chi connectivity index (χ0n) is 7.65. The summed E-state index contributed by atoms with van der Waals surface area (Å²) in [5.41, 5.74) is -0.0757. The zero-order valence-corrected chi connectivity index (χ0v) is 7.65. The van der Waals surface area contributed by atoms with Gasteiger partial charge < -0.3 is 5.11 Å². The normalized spacial score (nSPS) is 12.0. The van der Waals surface area contributed by atoms with E-state index in [0.717, 1.165) is 0 Å². The molecule has 1 rings (SSSR count). The van der Waals surface area contributed by atoms with Gasteiger partial charge in [0.2, 0.25) is 0 Å². The van der Waals surface area contributed by atoms with E-state index in [0.29, 0.717) is 12.4 Å². The van der Waals surface area contributed by atoms with Gasteiger partial charge in [-0.15, -0.1) is 10.2 Å². The van der Waals surface area contributed by atoms with Gasteiger partial charge in [0.25, 0.3) is 0 Å². The average molecular weight is 170 g/mol. The molecular weight excluding hydrogens is 156 g/mol. The molecule has 5 heteroatoms. The number of hydrogen-bond donors (Lipinski definition) is 1. The molecule has 0 fully saturated rings. The maximum absolute atomic E-state index is 8.60. The van der Waals surface area contributed by atoms with Crippen molar-refractivity contribution in [3.8, 4) is 0 Å². The smallest absolute Gasteiger partial charge is 0.180 e. The second-order valence-corrected chi connectivity index (χ2v) is 3.68. The van der Waals surface area contributed by atoms with Crippen LogP contribution in [0.2, 0.25) is 0 Å². The van der Waals surface area contributed by atoms with E-state index in [1.54, 1.807) is 0 Å². The van der Waals surface area contributed by atoms with Gasteiger partial charge in [-0.3, -0.25) is 0 Å². The van der Waals surface area contributed by atoms with Gasteiger partial charge in [0.05, 0.1) is 13.2 Å². The molecule has 0 aliphatic carbocycles. The van der Waals surface area contributed by atoms with Gasteiger partial charge in [-0.1, -0.05) is 20.8 Å². The van der Waals surface area contributed by atoms with Gasteiger partial charge >= 0.3 is 0 Å². The van der Waals surface area contributed by atoms with Gasteiger partial charge in [0.15, 0.2) is 5.82 Å². The molecule has 0 aromatic carbocycles. The molecule has 0 radical (unpaired) electrons. The summed E-state index contributed by atoms with van der Waals surface area (Å²) in [6.07, 6.45) is 0. The second-order valence-electron chi connectivity index (χ2n) is 3.68. The number of nitrogens with zero attached hydrogens (tertiary/aromatic N) is 4. The van der Waals surface area contributed by atoms with Crippen molar-refractivity contribution >= 4 is 0 Å². The Labute approximate surface area is 71.4 Å². The highest BCUT2D eigenvalue weighted by atomic mass is 16.3. The standard InChI is InChI=1S/C7H14N4O/c1-7(2,3)6-8-10-11(9-6)4-5-12/h12H,4-5H2,1-3H3. The van der Waals surface area contributed by atoms with Crippen LogP contribution in [0.3, 0.4) is 0 Å². The van der Waals surface area contributed by atoms with Crippen molar-refractivity contribution in [2.45, 2.75) is 32.7 Å². The van der Waals surface area contributed by atoms with E-state index in [9.17, 15) is 0 Å². The minimum Gasteiger partial charge on any atom is -0.394 e. The Kier molecular flexibility index (Phi) is 2.42. The lowest BCUT2D eigenvalue weighted by Gasteiger charge is -2.10. The number of hydrogen-bond acceptors (Lipinski definition) is 4. The first kappa shape index (κ1) is 9.12. The van der Waals surface area contributed by atoms with E-state index >= 15 is 0 Å². The molecule has 5 nitrogen and oxygen atoms in total. The number of aliphatic hydroxyl groups excluding tert-OH is 1. The summed E-state index contributed by atoms with van der Waals surface area (Å²) in [5.74, 6) is 0.705. The number of aliphatic hydroxyl groups is 1. The van der Waals surface area contributed by atoms with Gasteiger partial charge in [-0.25, -0.2) is 0 Å².